The van der Waals surface area contributed by atoms with Gasteiger partial charge < -0.3 is 14.8 Å². The first kappa shape index (κ1) is 24.1. The van der Waals surface area contributed by atoms with Crippen LogP contribution in [0.25, 0.3) is 0 Å². The number of ether oxygens (including phenoxy) is 2. The Morgan fingerprint density at radius 3 is 2.18 bits per heavy atom. The molecule has 0 heterocycles. The van der Waals surface area contributed by atoms with Crippen LogP contribution < -0.4 is 19.1 Å². The lowest BCUT2D eigenvalue weighted by Crippen LogP contribution is -2.38. The molecule has 0 radical (unpaired) electrons. The monoisotopic (exact) mass is 472 g/mol. The fourth-order valence-corrected chi connectivity index (χ4v) is 4.61. The number of amides is 1. The first-order valence-corrected chi connectivity index (χ1v) is 11.5. The van der Waals surface area contributed by atoms with Crippen molar-refractivity contribution in [2.45, 2.75) is 18.7 Å². The second-order valence-electron chi connectivity index (χ2n) is 7.35. The first-order chi connectivity index (χ1) is 15.6. The Morgan fingerprint density at radius 2 is 1.58 bits per heavy atom. The van der Waals surface area contributed by atoms with Gasteiger partial charge in [-0.1, -0.05) is 6.07 Å². The van der Waals surface area contributed by atoms with E-state index in [2.05, 4.69) is 5.32 Å². The van der Waals surface area contributed by atoms with Crippen molar-refractivity contribution in [3.05, 3.63) is 77.6 Å². The minimum atomic E-state index is -4.21. The number of sulfonamides is 1. The molecule has 9 heteroatoms. The number of rotatable bonds is 8. The molecule has 0 saturated carbocycles. The van der Waals surface area contributed by atoms with E-state index in [4.69, 9.17) is 9.47 Å². The summed E-state index contributed by atoms with van der Waals surface area (Å²) in [6.07, 6.45) is 0. The Labute approximate surface area is 192 Å². The zero-order valence-corrected chi connectivity index (χ0v) is 19.6. The molecule has 0 bridgehead atoms. The van der Waals surface area contributed by atoms with Gasteiger partial charge in [0.25, 0.3) is 10.0 Å². The summed E-state index contributed by atoms with van der Waals surface area (Å²) in [4.78, 5) is 12.7. The third-order valence-electron chi connectivity index (χ3n) is 5.14. The number of carbonyl (C=O) groups excluding carboxylic acids is 1. The zero-order chi connectivity index (χ0) is 24.2. The molecule has 0 aliphatic heterocycles. The number of aryl methyl sites for hydroxylation is 2. The highest BCUT2D eigenvalue weighted by Gasteiger charge is 2.28. The molecule has 3 aromatic rings. The first-order valence-electron chi connectivity index (χ1n) is 10.0. The number of halogens is 1. The molecule has 33 heavy (non-hydrogen) atoms. The van der Waals surface area contributed by atoms with Gasteiger partial charge in [-0.3, -0.25) is 9.10 Å². The number of methoxy groups -OCH3 is 2. The Kier molecular flexibility index (Phi) is 7.23. The number of nitrogens with one attached hydrogen (secondary N) is 1. The van der Waals surface area contributed by atoms with Gasteiger partial charge in [-0.2, -0.15) is 0 Å². The normalized spacial score (nSPS) is 11.1. The van der Waals surface area contributed by atoms with Crippen molar-refractivity contribution in [1.29, 1.82) is 0 Å². The van der Waals surface area contributed by atoms with Gasteiger partial charge in [0.1, 0.15) is 12.4 Å². The quantitative estimate of drug-likeness (QED) is 0.529. The van der Waals surface area contributed by atoms with Gasteiger partial charge in [-0.15, -0.1) is 0 Å². The van der Waals surface area contributed by atoms with E-state index in [9.17, 15) is 17.6 Å². The van der Waals surface area contributed by atoms with E-state index in [0.29, 0.717) is 11.4 Å². The van der Waals surface area contributed by atoms with Crippen molar-refractivity contribution in [1.82, 2.24) is 0 Å². The maximum absolute atomic E-state index is 13.5. The van der Waals surface area contributed by atoms with Crippen LogP contribution in [0.5, 0.6) is 11.5 Å². The molecule has 0 aliphatic carbocycles. The maximum atomic E-state index is 13.5. The SMILES string of the molecule is COc1ccc(S(=O)(=O)N(CC(=O)Nc2ccc(C)c(C)c2)c2ccc(F)cc2)cc1OC. The molecule has 0 saturated heterocycles. The lowest BCUT2D eigenvalue weighted by atomic mass is 10.1. The van der Waals surface area contributed by atoms with Crippen LogP contribution in [-0.4, -0.2) is 35.1 Å². The standard InChI is InChI=1S/C24H25FN2O5S/c1-16-5-8-19(13-17(16)2)26-24(28)15-27(20-9-6-18(25)7-10-20)33(29,30)21-11-12-22(31-3)23(14-21)32-4/h5-14H,15H2,1-4H3,(H,26,28). The van der Waals surface area contributed by atoms with Crippen LogP contribution >= 0.6 is 0 Å². The minimum Gasteiger partial charge on any atom is -0.493 e. The van der Waals surface area contributed by atoms with Crippen LogP contribution in [0.15, 0.2) is 65.6 Å². The average Bonchev–Trinajstić information content (AvgIpc) is 2.80. The van der Waals surface area contributed by atoms with E-state index in [-0.39, 0.29) is 16.3 Å². The van der Waals surface area contributed by atoms with Gasteiger partial charge in [0.15, 0.2) is 11.5 Å². The number of carbonyl (C=O) groups is 1. The van der Waals surface area contributed by atoms with Crippen molar-refractivity contribution in [2.75, 3.05) is 30.4 Å². The van der Waals surface area contributed by atoms with Gasteiger partial charge in [0.2, 0.25) is 5.91 Å². The zero-order valence-electron chi connectivity index (χ0n) is 18.8. The average molecular weight is 473 g/mol. The summed E-state index contributed by atoms with van der Waals surface area (Å²) in [7, 11) is -1.38. The molecule has 0 fully saturated rings. The van der Waals surface area contributed by atoms with Crippen LogP contribution in [0, 0.1) is 19.7 Å². The molecular formula is C24H25FN2O5S. The Morgan fingerprint density at radius 1 is 0.909 bits per heavy atom. The number of benzene rings is 3. The lowest BCUT2D eigenvalue weighted by molar-refractivity contribution is -0.114. The van der Waals surface area contributed by atoms with Gasteiger partial charge in [0.05, 0.1) is 24.8 Å². The van der Waals surface area contributed by atoms with E-state index in [1.807, 2.05) is 19.9 Å². The summed E-state index contributed by atoms with van der Waals surface area (Å²) >= 11 is 0. The molecule has 0 atom stereocenters. The fourth-order valence-electron chi connectivity index (χ4n) is 3.18. The number of nitrogens with zero attached hydrogens (tertiary/aromatic N) is 1. The predicted molar refractivity (Wildman–Crippen MR) is 125 cm³/mol. The Hall–Kier alpha value is -3.59. The van der Waals surface area contributed by atoms with Gasteiger partial charge in [0, 0.05) is 11.8 Å². The van der Waals surface area contributed by atoms with E-state index in [1.54, 1.807) is 12.1 Å². The highest BCUT2D eigenvalue weighted by atomic mass is 32.2. The highest BCUT2D eigenvalue weighted by molar-refractivity contribution is 7.92. The van der Waals surface area contributed by atoms with E-state index in [0.717, 1.165) is 27.6 Å². The number of hydrogen-bond donors (Lipinski definition) is 1. The fraction of sp³-hybridized carbons (Fsp3) is 0.208. The highest BCUT2D eigenvalue weighted by Crippen LogP contribution is 2.32. The predicted octanol–water partition coefficient (Wildman–Crippen LogP) is 4.29. The number of anilines is 2. The molecule has 0 unspecified atom stereocenters. The molecule has 0 spiro atoms. The smallest absolute Gasteiger partial charge is 0.264 e. The van der Waals surface area contributed by atoms with Crippen molar-refractivity contribution in [2.24, 2.45) is 0 Å². The topological polar surface area (TPSA) is 84.9 Å². The third kappa shape index (κ3) is 5.43. The second kappa shape index (κ2) is 9.91. The van der Waals surface area contributed by atoms with Crippen molar-refractivity contribution < 1.29 is 27.1 Å². The van der Waals surface area contributed by atoms with Crippen LogP contribution in [-0.2, 0) is 14.8 Å². The molecule has 0 aromatic heterocycles. The Balaban J connectivity index is 1.98. The van der Waals surface area contributed by atoms with E-state index >= 15 is 0 Å². The molecule has 0 aliphatic rings. The third-order valence-corrected chi connectivity index (χ3v) is 6.91. The van der Waals surface area contributed by atoms with Gasteiger partial charge >= 0.3 is 0 Å². The lowest BCUT2D eigenvalue weighted by Gasteiger charge is -2.24. The van der Waals surface area contributed by atoms with Crippen LogP contribution in [0.3, 0.4) is 0 Å². The largest absolute Gasteiger partial charge is 0.493 e. The van der Waals surface area contributed by atoms with Crippen LogP contribution in [0.4, 0.5) is 15.8 Å². The molecule has 1 N–H and O–H groups in total. The summed E-state index contributed by atoms with van der Waals surface area (Å²) in [5, 5.41) is 2.72. The second-order valence-corrected chi connectivity index (χ2v) is 9.21. The summed E-state index contributed by atoms with van der Waals surface area (Å²) in [5.41, 5.74) is 2.74. The Bertz CT molecular complexity index is 1260. The minimum absolute atomic E-state index is 0.108. The summed E-state index contributed by atoms with van der Waals surface area (Å²) in [5.74, 6) is -0.497. The number of hydrogen-bond acceptors (Lipinski definition) is 5. The maximum Gasteiger partial charge on any atom is 0.264 e. The molecule has 7 nitrogen and oxygen atoms in total. The van der Waals surface area contributed by atoms with E-state index < -0.39 is 28.3 Å². The van der Waals surface area contributed by atoms with Crippen molar-refractivity contribution in [3.8, 4) is 11.5 Å². The summed E-state index contributed by atoms with van der Waals surface area (Å²) in [6, 6.07) is 14.4. The molecule has 1 amide bonds. The molecule has 3 aromatic carbocycles. The molecule has 174 valence electrons. The molecule has 3 rings (SSSR count). The summed E-state index contributed by atoms with van der Waals surface area (Å²) in [6.45, 7) is 3.35. The van der Waals surface area contributed by atoms with Crippen molar-refractivity contribution >= 4 is 27.3 Å². The molecular weight excluding hydrogens is 447 g/mol. The van der Waals surface area contributed by atoms with Crippen LogP contribution in [0.1, 0.15) is 11.1 Å². The van der Waals surface area contributed by atoms with E-state index in [1.165, 1.54) is 44.6 Å². The van der Waals surface area contributed by atoms with Crippen molar-refractivity contribution in [3.63, 3.8) is 0 Å². The van der Waals surface area contributed by atoms with Crippen LogP contribution in [0.2, 0.25) is 0 Å². The summed E-state index contributed by atoms with van der Waals surface area (Å²) < 4.78 is 51.9. The van der Waals surface area contributed by atoms with Gasteiger partial charge in [-0.05, 0) is 73.5 Å². The van der Waals surface area contributed by atoms with Gasteiger partial charge in [-0.25, -0.2) is 12.8 Å².